The van der Waals surface area contributed by atoms with Crippen molar-refractivity contribution in [3.05, 3.63) is 59.7 Å². The number of ether oxygens (including phenoxy) is 1. The predicted octanol–water partition coefficient (Wildman–Crippen LogP) is 3.97. The van der Waals surface area contributed by atoms with Gasteiger partial charge >= 0.3 is 0 Å². The maximum atomic E-state index is 12.6. The highest BCUT2D eigenvalue weighted by Crippen LogP contribution is 2.39. The lowest BCUT2D eigenvalue weighted by Crippen LogP contribution is -2.22. The quantitative estimate of drug-likeness (QED) is 0.510. The molecule has 1 heterocycles. The van der Waals surface area contributed by atoms with Gasteiger partial charge in [-0.25, -0.2) is 13.4 Å². The van der Waals surface area contributed by atoms with Gasteiger partial charge in [-0.15, -0.1) is 0 Å². The summed E-state index contributed by atoms with van der Waals surface area (Å²) in [5, 5.41) is 5.41. The zero-order valence-electron chi connectivity index (χ0n) is 16.1. The van der Waals surface area contributed by atoms with Crippen LogP contribution in [0.4, 0.5) is 5.13 Å². The Bertz CT molecular complexity index is 1410. The van der Waals surface area contributed by atoms with Gasteiger partial charge in [0.15, 0.2) is 15.0 Å². The number of carbonyl (C=O) groups excluding carboxylic acids is 1. The van der Waals surface area contributed by atoms with Crippen molar-refractivity contribution in [3.8, 4) is 5.75 Å². The summed E-state index contributed by atoms with van der Waals surface area (Å²) >= 11 is 1.37. The van der Waals surface area contributed by atoms with E-state index in [-0.39, 0.29) is 4.90 Å². The van der Waals surface area contributed by atoms with Crippen LogP contribution in [-0.4, -0.2) is 32.2 Å². The number of nitrogens with one attached hydrogen (secondary N) is 1. The fourth-order valence-electron chi connectivity index (χ4n) is 3.95. The molecule has 5 rings (SSSR count). The molecular formula is C22H18N2O4S2. The number of nitrogens with zero attached hydrogens (tertiary/aromatic N) is 1. The highest BCUT2D eigenvalue weighted by Gasteiger charge is 2.22. The van der Waals surface area contributed by atoms with Crippen molar-refractivity contribution in [1.82, 2.24) is 4.98 Å². The number of anilines is 1. The zero-order valence-corrected chi connectivity index (χ0v) is 17.8. The van der Waals surface area contributed by atoms with Crippen LogP contribution in [0.25, 0.3) is 21.0 Å². The molecule has 30 heavy (non-hydrogen) atoms. The van der Waals surface area contributed by atoms with E-state index in [1.165, 1.54) is 47.1 Å². The van der Waals surface area contributed by atoms with Gasteiger partial charge in [0.1, 0.15) is 11.5 Å². The molecule has 0 unspecified atom stereocenters. The Labute approximate surface area is 177 Å². The number of hydrogen-bond donors (Lipinski definition) is 1. The van der Waals surface area contributed by atoms with Gasteiger partial charge in [0.2, 0.25) is 5.91 Å². The predicted molar refractivity (Wildman–Crippen MR) is 118 cm³/mol. The number of hydrogen-bond acceptors (Lipinski definition) is 6. The number of thiazole rings is 1. The van der Waals surface area contributed by atoms with E-state index in [0.717, 1.165) is 28.4 Å². The molecule has 1 amide bonds. The maximum Gasteiger partial charge on any atom is 0.241 e. The molecule has 0 atom stereocenters. The van der Waals surface area contributed by atoms with E-state index in [9.17, 15) is 13.2 Å². The van der Waals surface area contributed by atoms with Gasteiger partial charge in [-0.05, 0) is 59.7 Å². The summed E-state index contributed by atoms with van der Waals surface area (Å²) in [6.45, 7) is 0. The zero-order chi connectivity index (χ0) is 20.9. The number of fused-ring (bicyclic) bond motifs is 2. The minimum Gasteiger partial charge on any atom is -0.497 e. The van der Waals surface area contributed by atoms with Crippen LogP contribution in [-0.2, 0) is 27.5 Å². The van der Waals surface area contributed by atoms with Gasteiger partial charge < -0.3 is 10.1 Å². The van der Waals surface area contributed by atoms with Crippen LogP contribution < -0.4 is 10.1 Å². The van der Waals surface area contributed by atoms with Crippen LogP contribution >= 0.6 is 11.3 Å². The van der Waals surface area contributed by atoms with Gasteiger partial charge in [0.25, 0.3) is 0 Å². The Kier molecular flexibility index (Phi) is 4.48. The van der Waals surface area contributed by atoms with Crippen molar-refractivity contribution in [2.45, 2.75) is 17.7 Å². The second-order valence-electron chi connectivity index (χ2n) is 7.22. The van der Waals surface area contributed by atoms with Gasteiger partial charge in [0, 0.05) is 5.39 Å². The third kappa shape index (κ3) is 3.22. The number of methoxy groups -OCH3 is 1. The van der Waals surface area contributed by atoms with Crippen molar-refractivity contribution in [2.75, 3.05) is 18.2 Å². The second kappa shape index (κ2) is 7.07. The molecule has 1 aliphatic rings. The molecule has 3 aromatic carbocycles. The highest BCUT2D eigenvalue weighted by atomic mass is 32.2. The average Bonchev–Trinajstić information content (AvgIpc) is 3.33. The molecule has 0 saturated carbocycles. The Balaban J connectivity index is 1.41. The third-order valence-electron chi connectivity index (χ3n) is 5.34. The van der Waals surface area contributed by atoms with Crippen molar-refractivity contribution in [3.63, 3.8) is 0 Å². The van der Waals surface area contributed by atoms with Crippen LogP contribution in [0.2, 0.25) is 0 Å². The molecule has 1 N–H and O–H groups in total. The monoisotopic (exact) mass is 438 g/mol. The number of benzene rings is 3. The number of amides is 1. The minimum absolute atomic E-state index is 0.0769. The maximum absolute atomic E-state index is 12.6. The van der Waals surface area contributed by atoms with Gasteiger partial charge in [0.05, 0.1) is 22.2 Å². The smallest absolute Gasteiger partial charge is 0.241 e. The molecule has 0 aliphatic heterocycles. The molecule has 152 valence electrons. The summed E-state index contributed by atoms with van der Waals surface area (Å²) in [5.41, 5.74) is 3.47. The Morgan fingerprint density at radius 3 is 2.67 bits per heavy atom. The van der Waals surface area contributed by atoms with E-state index in [1.807, 2.05) is 6.07 Å². The largest absolute Gasteiger partial charge is 0.497 e. The SMILES string of the molecule is COc1ccc(S(=O)(=O)CC(=O)Nc2nc3c(cc4c5c(cccc53)CC4)s2)cc1. The van der Waals surface area contributed by atoms with Crippen molar-refractivity contribution >= 4 is 53.2 Å². The first kappa shape index (κ1) is 19.0. The first-order chi connectivity index (χ1) is 14.4. The van der Waals surface area contributed by atoms with Gasteiger partial charge in [-0.3, -0.25) is 4.79 Å². The minimum atomic E-state index is -3.76. The van der Waals surface area contributed by atoms with E-state index in [4.69, 9.17) is 4.74 Å². The van der Waals surface area contributed by atoms with Crippen molar-refractivity contribution < 1.29 is 17.9 Å². The van der Waals surface area contributed by atoms with Crippen LogP contribution in [0.15, 0.2) is 53.4 Å². The number of carbonyl (C=O) groups is 1. The lowest BCUT2D eigenvalue weighted by atomic mass is 10.0. The molecule has 0 fully saturated rings. The number of rotatable bonds is 5. The van der Waals surface area contributed by atoms with Crippen molar-refractivity contribution in [2.24, 2.45) is 0 Å². The van der Waals surface area contributed by atoms with Crippen LogP contribution in [0, 0.1) is 0 Å². The number of aryl methyl sites for hydroxylation is 2. The van der Waals surface area contributed by atoms with E-state index in [2.05, 4.69) is 28.5 Å². The summed E-state index contributed by atoms with van der Waals surface area (Å²) < 4.78 is 31.1. The molecule has 6 nitrogen and oxygen atoms in total. The number of sulfone groups is 1. The molecule has 4 aromatic rings. The van der Waals surface area contributed by atoms with Crippen LogP contribution in [0.3, 0.4) is 0 Å². The van der Waals surface area contributed by atoms with Crippen molar-refractivity contribution in [1.29, 1.82) is 0 Å². The molecule has 0 spiro atoms. The molecular weight excluding hydrogens is 420 g/mol. The van der Waals surface area contributed by atoms with E-state index < -0.39 is 21.5 Å². The van der Waals surface area contributed by atoms with Crippen LogP contribution in [0.1, 0.15) is 11.1 Å². The lowest BCUT2D eigenvalue weighted by Gasteiger charge is -2.05. The summed E-state index contributed by atoms with van der Waals surface area (Å²) in [4.78, 5) is 17.1. The average molecular weight is 439 g/mol. The highest BCUT2D eigenvalue weighted by molar-refractivity contribution is 7.92. The number of aromatic nitrogens is 1. The normalized spacial score (nSPS) is 13.1. The Morgan fingerprint density at radius 1 is 1.13 bits per heavy atom. The fourth-order valence-corrected chi connectivity index (χ4v) is 6.05. The fraction of sp³-hybridized carbons (Fsp3) is 0.182. The van der Waals surface area contributed by atoms with E-state index in [0.29, 0.717) is 10.9 Å². The first-order valence-electron chi connectivity index (χ1n) is 9.45. The molecule has 0 saturated heterocycles. The second-order valence-corrected chi connectivity index (χ2v) is 10.2. The first-order valence-corrected chi connectivity index (χ1v) is 11.9. The van der Waals surface area contributed by atoms with E-state index in [1.54, 1.807) is 12.1 Å². The molecule has 8 heteroatoms. The lowest BCUT2D eigenvalue weighted by molar-refractivity contribution is -0.113. The van der Waals surface area contributed by atoms with Gasteiger partial charge in [-0.1, -0.05) is 29.5 Å². The molecule has 1 aliphatic carbocycles. The molecule has 0 bridgehead atoms. The summed E-state index contributed by atoms with van der Waals surface area (Å²) in [6, 6.07) is 14.3. The Hall–Kier alpha value is -2.97. The van der Waals surface area contributed by atoms with Crippen LogP contribution in [0.5, 0.6) is 5.75 Å². The Morgan fingerprint density at radius 2 is 1.90 bits per heavy atom. The van der Waals surface area contributed by atoms with E-state index >= 15 is 0 Å². The molecule has 1 aromatic heterocycles. The third-order valence-corrected chi connectivity index (χ3v) is 7.89. The summed E-state index contributed by atoms with van der Waals surface area (Å²) in [7, 11) is -2.26. The van der Waals surface area contributed by atoms with Gasteiger partial charge in [-0.2, -0.15) is 0 Å². The summed E-state index contributed by atoms with van der Waals surface area (Å²) in [5.74, 6) is -0.705. The molecule has 0 radical (unpaired) electrons. The summed E-state index contributed by atoms with van der Waals surface area (Å²) in [6.07, 6.45) is 2.04. The topological polar surface area (TPSA) is 85.4 Å². The standard InChI is InChI=1S/C22H18N2O4S2/c1-28-15-7-9-16(10-8-15)30(26,27)12-19(25)23-22-24-21-17-4-2-3-13-5-6-14(20(13)17)11-18(21)29-22/h2-4,7-11H,5-6,12H2,1H3,(H,23,24,25).